The van der Waals surface area contributed by atoms with E-state index in [0.29, 0.717) is 6.54 Å². The minimum Gasteiger partial charge on any atom is -0.308 e. The summed E-state index contributed by atoms with van der Waals surface area (Å²) < 4.78 is 0. The number of carbonyl (C=O) groups excluding carboxylic acids is 1. The Hall–Kier alpha value is -1.35. The molecule has 3 heteroatoms. The van der Waals surface area contributed by atoms with Crippen LogP contribution in [0.25, 0.3) is 0 Å². The Kier molecular flexibility index (Phi) is 4.13. The van der Waals surface area contributed by atoms with Crippen LogP contribution in [0.2, 0.25) is 0 Å². The molecule has 0 bridgehead atoms. The third-order valence-electron chi connectivity index (χ3n) is 1.95. The van der Waals surface area contributed by atoms with Crippen LogP contribution < -0.4 is 4.90 Å². The van der Waals surface area contributed by atoms with E-state index in [9.17, 15) is 4.79 Å². The number of rotatable bonds is 5. The molecule has 0 spiro atoms. The number of hydrogen-bond acceptors (Lipinski definition) is 2. The fourth-order valence-corrected chi connectivity index (χ4v) is 1.14. The van der Waals surface area contributed by atoms with Gasteiger partial charge < -0.3 is 9.80 Å². The predicted molar refractivity (Wildman–Crippen MR) is 58.0 cm³/mol. The Morgan fingerprint density at radius 3 is 2.29 bits per heavy atom. The maximum atomic E-state index is 10.7. The molecule has 1 radical (unpaired) electrons. The molecule has 1 rings (SSSR count). The quantitative estimate of drug-likeness (QED) is 0.651. The van der Waals surface area contributed by atoms with Crippen molar-refractivity contribution >= 4 is 12.1 Å². The first kappa shape index (κ1) is 10.7. The predicted octanol–water partition coefficient (Wildman–Crippen LogP) is 1.12. The van der Waals surface area contributed by atoms with Crippen molar-refractivity contribution in [2.45, 2.75) is 0 Å². The highest BCUT2D eigenvalue weighted by Crippen LogP contribution is 2.10. The third-order valence-corrected chi connectivity index (χ3v) is 1.95. The number of hydrogen-bond donors (Lipinski definition) is 0. The molecule has 1 aromatic rings. The summed E-state index contributed by atoms with van der Waals surface area (Å²) in [5, 5.41) is 0. The number of nitrogens with zero attached hydrogens (tertiary/aromatic N) is 2. The van der Waals surface area contributed by atoms with E-state index < -0.39 is 0 Å². The summed E-state index contributed by atoms with van der Waals surface area (Å²) in [6.07, 6.45) is 1.93. The maximum Gasteiger partial charge on any atom is 0.316 e. The molecule has 3 nitrogen and oxygen atoms in total. The third kappa shape index (κ3) is 3.18. The first-order chi connectivity index (χ1) is 6.74. The minimum absolute atomic E-state index is 0.667. The SMILES string of the molecule is CN(C)CCN([C]=O)c1ccccc1. The van der Waals surface area contributed by atoms with Gasteiger partial charge in [0.05, 0.1) is 0 Å². The van der Waals surface area contributed by atoms with Crippen LogP contribution in [-0.4, -0.2) is 38.5 Å². The molecule has 0 fully saturated rings. The lowest BCUT2D eigenvalue weighted by molar-refractivity contribution is 0.418. The lowest BCUT2D eigenvalue weighted by atomic mass is 10.3. The van der Waals surface area contributed by atoms with Crippen LogP contribution in [-0.2, 0) is 4.79 Å². The van der Waals surface area contributed by atoms with Crippen molar-refractivity contribution in [3.63, 3.8) is 0 Å². The van der Waals surface area contributed by atoms with Crippen molar-refractivity contribution in [1.82, 2.24) is 4.90 Å². The highest BCUT2D eigenvalue weighted by Gasteiger charge is 2.04. The van der Waals surface area contributed by atoms with Gasteiger partial charge in [0.25, 0.3) is 0 Å². The van der Waals surface area contributed by atoms with Crippen LogP contribution in [0.5, 0.6) is 0 Å². The van der Waals surface area contributed by atoms with Gasteiger partial charge in [-0.3, -0.25) is 4.79 Å². The van der Waals surface area contributed by atoms with E-state index in [1.165, 1.54) is 0 Å². The molecule has 0 aliphatic heterocycles. The van der Waals surface area contributed by atoms with Crippen molar-refractivity contribution < 1.29 is 4.79 Å². The standard InChI is InChI=1S/C11H15N2O/c1-12(2)8-9-13(10-14)11-6-4-3-5-7-11/h3-7H,8-9H2,1-2H3. The zero-order chi connectivity index (χ0) is 10.4. The Morgan fingerprint density at radius 1 is 1.14 bits per heavy atom. The zero-order valence-electron chi connectivity index (χ0n) is 8.60. The largest absolute Gasteiger partial charge is 0.316 e. The smallest absolute Gasteiger partial charge is 0.308 e. The average molecular weight is 191 g/mol. The fraction of sp³-hybridized carbons (Fsp3) is 0.364. The van der Waals surface area contributed by atoms with Crippen molar-refractivity contribution in [2.24, 2.45) is 0 Å². The summed E-state index contributed by atoms with van der Waals surface area (Å²) in [7, 11) is 3.96. The van der Waals surface area contributed by atoms with Gasteiger partial charge in [-0.05, 0) is 26.2 Å². The molecular weight excluding hydrogens is 176 g/mol. The van der Waals surface area contributed by atoms with E-state index in [4.69, 9.17) is 0 Å². The lowest BCUT2D eigenvalue weighted by Crippen LogP contribution is -2.30. The van der Waals surface area contributed by atoms with E-state index in [1.54, 1.807) is 4.90 Å². The molecule has 14 heavy (non-hydrogen) atoms. The van der Waals surface area contributed by atoms with E-state index >= 15 is 0 Å². The van der Waals surface area contributed by atoms with Crippen LogP contribution in [0.1, 0.15) is 0 Å². The summed E-state index contributed by atoms with van der Waals surface area (Å²) >= 11 is 0. The van der Waals surface area contributed by atoms with E-state index in [1.807, 2.05) is 55.7 Å². The Balaban J connectivity index is 2.59. The van der Waals surface area contributed by atoms with Gasteiger partial charge in [-0.1, -0.05) is 18.2 Å². The summed E-state index contributed by atoms with van der Waals surface area (Å²) in [6, 6.07) is 9.56. The molecule has 0 aromatic heterocycles. The van der Waals surface area contributed by atoms with Crippen LogP contribution in [0.4, 0.5) is 5.69 Å². The molecule has 0 unspecified atom stereocenters. The molecule has 0 N–H and O–H groups in total. The lowest BCUT2D eigenvalue weighted by Gasteiger charge is -2.18. The normalized spacial score (nSPS) is 10.2. The van der Waals surface area contributed by atoms with Crippen molar-refractivity contribution in [1.29, 1.82) is 0 Å². The maximum absolute atomic E-state index is 10.7. The summed E-state index contributed by atoms with van der Waals surface area (Å²) in [5.74, 6) is 0. The van der Waals surface area contributed by atoms with Gasteiger partial charge in [0, 0.05) is 18.8 Å². The first-order valence-corrected chi connectivity index (χ1v) is 4.59. The van der Waals surface area contributed by atoms with E-state index in [0.717, 1.165) is 12.2 Å². The Morgan fingerprint density at radius 2 is 1.79 bits per heavy atom. The Labute approximate surface area is 84.9 Å². The number of benzene rings is 1. The highest BCUT2D eigenvalue weighted by molar-refractivity contribution is 5.75. The zero-order valence-corrected chi connectivity index (χ0v) is 8.60. The van der Waals surface area contributed by atoms with E-state index in [2.05, 4.69) is 0 Å². The number of likely N-dealkylation sites (N-methyl/N-ethyl adjacent to an activating group) is 1. The molecular formula is C11H15N2O. The second-order valence-electron chi connectivity index (χ2n) is 3.38. The van der Waals surface area contributed by atoms with Gasteiger partial charge in [-0.2, -0.15) is 0 Å². The highest BCUT2D eigenvalue weighted by atomic mass is 16.1. The van der Waals surface area contributed by atoms with Crippen molar-refractivity contribution in [3.05, 3.63) is 30.3 Å². The van der Waals surface area contributed by atoms with Crippen molar-refractivity contribution in [3.8, 4) is 0 Å². The van der Waals surface area contributed by atoms with Crippen LogP contribution in [0, 0.1) is 0 Å². The van der Waals surface area contributed by atoms with Crippen LogP contribution in [0.3, 0.4) is 0 Å². The molecule has 75 valence electrons. The minimum atomic E-state index is 0.667. The first-order valence-electron chi connectivity index (χ1n) is 4.59. The summed E-state index contributed by atoms with van der Waals surface area (Å²) in [5.41, 5.74) is 0.893. The molecule has 1 aromatic carbocycles. The molecule has 0 saturated carbocycles. The van der Waals surface area contributed by atoms with Gasteiger partial charge in [0.1, 0.15) is 0 Å². The van der Waals surface area contributed by atoms with Crippen LogP contribution in [0.15, 0.2) is 30.3 Å². The van der Waals surface area contributed by atoms with Crippen molar-refractivity contribution in [2.75, 3.05) is 32.1 Å². The fourth-order valence-electron chi connectivity index (χ4n) is 1.14. The van der Waals surface area contributed by atoms with Gasteiger partial charge in [0.15, 0.2) is 0 Å². The molecule has 0 heterocycles. The summed E-state index contributed by atoms with van der Waals surface area (Å²) in [4.78, 5) is 14.3. The monoisotopic (exact) mass is 191 g/mol. The van der Waals surface area contributed by atoms with Gasteiger partial charge in [0.2, 0.25) is 0 Å². The Bertz CT molecular complexity index is 272. The van der Waals surface area contributed by atoms with Gasteiger partial charge >= 0.3 is 6.41 Å². The molecule has 0 atom stereocenters. The molecule has 0 aliphatic carbocycles. The van der Waals surface area contributed by atoms with Crippen LogP contribution >= 0.6 is 0 Å². The molecule has 0 aliphatic rings. The number of anilines is 1. The van der Waals surface area contributed by atoms with E-state index in [-0.39, 0.29) is 0 Å². The topological polar surface area (TPSA) is 23.6 Å². The molecule has 0 saturated heterocycles. The second-order valence-corrected chi connectivity index (χ2v) is 3.38. The summed E-state index contributed by atoms with van der Waals surface area (Å²) in [6.45, 7) is 1.50. The average Bonchev–Trinajstić information content (AvgIpc) is 2.20. The van der Waals surface area contributed by atoms with Gasteiger partial charge in [-0.15, -0.1) is 0 Å². The number of amides is 1. The van der Waals surface area contributed by atoms with Gasteiger partial charge in [-0.25, -0.2) is 0 Å². The molecule has 1 amide bonds. The number of para-hydroxylation sites is 1. The second kappa shape index (κ2) is 5.40.